The third kappa shape index (κ3) is 3.25. The van der Waals surface area contributed by atoms with Crippen LogP contribution in [0.4, 0.5) is 5.69 Å². The standard InChI is InChI=1S/C14H15N3O4/c1-9-6-11(4-5-13(9)17(19)20)14(18)16(3)8-12-7-10(2)21-15-12/h4-7H,8H2,1-3H3. The number of aromatic nitrogens is 1. The lowest BCUT2D eigenvalue weighted by molar-refractivity contribution is -0.385. The van der Waals surface area contributed by atoms with Crippen molar-refractivity contribution in [1.29, 1.82) is 0 Å². The van der Waals surface area contributed by atoms with E-state index in [2.05, 4.69) is 5.16 Å². The average Bonchev–Trinajstić information content (AvgIpc) is 2.82. The quantitative estimate of drug-likeness (QED) is 0.637. The van der Waals surface area contributed by atoms with E-state index in [0.29, 0.717) is 29.1 Å². The molecule has 21 heavy (non-hydrogen) atoms. The van der Waals surface area contributed by atoms with Gasteiger partial charge in [-0.15, -0.1) is 0 Å². The van der Waals surface area contributed by atoms with Gasteiger partial charge in [-0.1, -0.05) is 5.16 Å². The van der Waals surface area contributed by atoms with E-state index in [4.69, 9.17) is 4.52 Å². The number of nitro benzene ring substituents is 1. The van der Waals surface area contributed by atoms with Gasteiger partial charge in [0.05, 0.1) is 11.5 Å². The van der Waals surface area contributed by atoms with Crippen molar-refractivity contribution in [2.24, 2.45) is 0 Å². The Bertz CT molecular complexity index is 693. The van der Waals surface area contributed by atoms with Gasteiger partial charge >= 0.3 is 0 Å². The van der Waals surface area contributed by atoms with Gasteiger partial charge in [0.15, 0.2) is 0 Å². The molecule has 0 bridgehead atoms. The Labute approximate surface area is 121 Å². The van der Waals surface area contributed by atoms with E-state index in [-0.39, 0.29) is 11.6 Å². The summed E-state index contributed by atoms with van der Waals surface area (Å²) in [7, 11) is 1.64. The summed E-state index contributed by atoms with van der Waals surface area (Å²) in [5.41, 5.74) is 1.51. The summed E-state index contributed by atoms with van der Waals surface area (Å²) < 4.78 is 4.95. The van der Waals surface area contributed by atoms with Crippen molar-refractivity contribution in [3.63, 3.8) is 0 Å². The molecule has 0 saturated heterocycles. The van der Waals surface area contributed by atoms with E-state index in [1.165, 1.54) is 23.1 Å². The van der Waals surface area contributed by atoms with Crippen molar-refractivity contribution in [3.05, 3.63) is 57.0 Å². The smallest absolute Gasteiger partial charge is 0.272 e. The normalized spacial score (nSPS) is 10.4. The average molecular weight is 289 g/mol. The van der Waals surface area contributed by atoms with Crippen LogP contribution in [0.15, 0.2) is 28.8 Å². The molecule has 1 heterocycles. The summed E-state index contributed by atoms with van der Waals surface area (Å²) in [6.07, 6.45) is 0. The third-order valence-electron chi connectivity index (χ3n) is 3.06. The number of aryl methyl sites for hydroxylation is 2. The van der Waals surface area contributed by atoms with Crippen LogP contribution in [0.1, 0.15) is 27.4 Å². The zero-order chi connectivity index (χ0) is 15.6. The highest BCUT2D eigenvalue weighted by molar-refractivity contribution is 5.94. The Morgan fingerprint density at radius 3 is 2.62 bits per heavy atom. The van der Waals surface area contributed by atoms with Gasteiger partial charge < -0.3 is 9.42 Å². The summed E-state index contributed by atoms with van der Waals surface area (Å²) in [6.45, 7) is 3.69. The van der Waals surface area contributed by atoms with E-state index < -0.39 is 4.92 Å². The summed E-state index contributed by atoms with van der Waals surface area (Å²) in [4.78, 5) is 24.1. The SMILES string of the molecule is Cc1cc(CN(C)C(=O)c2ccc([N+](=O)[O-])c(C)c2)no1. The Kier molecular flexibility index (Phi) is 4.02. The maximum absolute atomic E-state index is 12.3. The van der Waals surface area contributed by atoms with Gasteiger partial charge in [-0.3, -0.25) is 14.9 Å². The predicted octanol–water partition coefficient (Wildman–Crippen LogP) is 2.47. The summed E-state index contributed by atoms with van der Waals surface area (Å²) in [6, 6.07) is 6.07. The number of nitro groups is 1. The van der Waals surface area contributed by atoms with Crippen LogP contribution in [0.25, 0.3) is 0 Å². The summed E-state index contributed by atoms with van der Waals surface area (Å²) in [5, 5.41) is 14.6. The molecular weight excluding hydrogens is 274 g/mol. The molecule has 7 nitrogen and oxygen atoms in total. The zero-order valence-electron chi connectivity index (χ0n) is 12.0. The molecule has 1 aromatic carbocycles. The molecule has 110 valence electrons. The van der Waals surface area contributed by atoms with Crippen LogP contribution in [-0.2, 0) is 6.54 Å². The number of rotatable bonds is 4. The highest BCUT2D eigenvalue weighted by atomic mass is 16.6. The minimum Gasteiger partial charge on any atom is -0.361 e. The van der Waals surface area contributed by atoms with Crippen LogP contribution in [0.2, 0.25) is 0 Å². The Hall–Kier alpha value is -2.70. The molecule has 1 amide bonds. The van der Waals surface area contributed by atoms with Crippen molar-refractivity contribution < 1.29 is 14.2 Å². The Morgan fingerprint density at radius 1 is 1.38 bits per heavy atom. The number of carbonyl (C=O) groups excluding carboxylic acids is 1. The summed E-state index contributed by atoms with van der Waals surface area (Å²) >= 11 is 0. The molecule has 0 spiro atoms. The van der Waals surface area contributed by atoms with Gasteiger partial charge in [-0.2, -0.15) is 0 Å². The molecule has 0 saturated carbocycles. The number of benzene rings is 1. The van der Waals surface area contributed by atoms with E-state index in [9.17, 15) is 14.9 Å². The molecule has 0 unspecified atom stereocenters. The molecule has 0 atom stereocenters. The molecule has 0 radical (unpaired) electrons. The molecule has 0 aliphatic heterocycles. The topological polar surface area (TPSA) is 89.5 Å². The minimum atomic E-state index is -0.467. The first-order chi connectivity index (χ1) is 9.88. The molecule has 0 aliphatic rings. The zero-order valence-corrected chi connectivity index (χ0v) is 12.0. The predicted molar refractivity (Wildman–Crippen MR) is 74.9 cm³/mol. The number of carbonyl (C=O) groups is 1. The van der Waals surface area contributed by atoms with Crippen molar-refractivity contribution in [3.8, 4) is 0 Å². The van der Waals surface area contributed by atoms with Crippen LogP contribution in [0.3, 0.4) is 0 Å². The Morgan fingerprint density at radius 2 is 2.10 bits per heavy atom. The lowest BCUT2D eigenvalue weighted by atomic mass is 10.1. The van der Waals surface area contributed by atoms with Crippen LogP contribution in [0, 0.1) is 24.0 Å². The van der Waals surface area contributed by atoms with Gasteiger partial charge in [-0.05, 0) is 26.0 Å². The molecule has 1 aromatic heterocycles. The van der Waals surface area contributed by atoms with Gasteiger partial charge in [0, 0.05) is 30.3 Å². The third-order valence-corrected chi connectivity index (χ3v) is 3.06. The first kappa shape index (κ1) is 14.7. The monoisotopic (exact) mass is 289 g/mol. The first-order valence-corrected chi connectivity index (χ1v) is 6.31. The van der Waals surface area contributed by atoms with Crippen LogP contribution < -0.4 is 0 Å². The molecule has 2 aromatic rings. The maximum atomic E-state index is 12.3. The maximum Gasteiger partial charge on any atom is 0.272 e. The van der Waals surface area contributed by atoms with Crippen molar-refractivity contribution in [2.45, 2.75) is 20.4 Å². The van der Waals surface area contributed by atoms with Gasteiger partial charge in [0.25, 0.3) is 11.6 Å². The van der Waals surface area contributed by atoms with Gasteiger partial charge in [0.1, 0.15) is 11.5 Å². The molecule has 7 heteroatoms. The van der Waals surface area contributed by atoms with Crippen molar-refractivity contribution in [1.82, 2.24) is 10.1 Å². The number of amides is 1. The first-order valence-electron chi connectivity index (χ1n) is 6.31. The molecule has 2 rings (SSSR count). The van der Waals surface area contributed by atoms with E-state index in [0.717, 1.165) is 0 Å². The molecule has 0 fully saturated rings. The lowest BCUT2D eigenvalue weighted by Crippen LogP contribution is -2.26. The Balaban J connectivity index is 2.15. The molecule has 0 aliphatic carbocycles. The molecule has 0 N–H and O–H groups in total. The van der Waals surface area contributed by atoms with Crippen molar-refractivity contribution >= 4 is 11.6 Å². The second-order valence-corrected chi connectivity index (χ2v) is 4.85. The number of nitrogens with zero attached hydrogens (tertiary/aromatic N) is 3. The highest BCUT2D eigenvalue weighted by Gasteiger charge is 2.17. The summed E-state index contributed by atoms with van der Waals surface area (Å²) in [5.74, 6) is 0.450. The van der Waals surface area contributed by atoms with Crippen molar-refractivity contribution in [2.75, 3.05) is 7.05 Å². The fraction of sp³-hybridized carbons (Fsp3) is 0.286. The fourth-order valence-electron chi connectivity index (χ4n) is 2.02. The second kappa shape index (κ2) is 5.74. The van der Waals surface area contributed by atoms with E-state index >= 15 is 0 Å². The second-order valence-electron chi connectivity index (χ2n) is 4.85. The minimum absolute atomic E-state index is 0.00123. The fourth-order valence-corrected chi connectivity index (χ4v) is 2.02. The molecular formula is C14H15N3O4. The van der Waals surface area contributed by atoms with Gasteiger partial charge in [0.2, 0.25) is 0 Å². The van der Waals surface area contributed by atoms with Crippen LogP contribution in [0.5, 0.6) is 0 Å². The van der Waals surface area contributed by atoms with E-state index in [1.807, 2.05) is 0 Å². The van der Waals surface area contributed by atoms with E-state index in [1.54, 1.807) is 27.0 Å². The highest BCUT2D eigenvalue weighted by Crippen LogP contribution is 2.20. The van der Waals surface area contributed by atoms with Crippen LogP contribution >= 0.6 is 0 Å². The largest absolute Gasteiger partial charge is 0.361 e. The number of hydrogen-bond donors (Lipinski definition) is 0. The van der Waals surface area contributed by atoms with Crippen LogP contribution in [-0.4, -0.2) is 27.9 Å². The van der Waals surface area contributed by atoms with Gasteiger partial charge in [-0.25, -0.2) is 0 Å². The number of hydrogen-bond acceptors (Lipinski definition) is 5. The lowest BCUT2D eigenvalue weighted by Gasteiger charge is -2.15.